The Balaban J connectivity index is 1.63. The summed E-state index contributed by atoms with van der Waals surface area (Å²) in [5.41, 5.74) is 7.37. The van der Waals surface area contributed by atoms with Gasteiger partial charge in [-0.3, -0.25) is 9.59 Å². The third kappa shape index (κ3) is 9.36. The van der Waals surface area contributed by atoms with Crippen LogP contribution in [0.4, 0.5) is 11.4 Å². The topological polar surface area (TPSA) is 118 Å². The minimum Gasteiger partial charge on any atom is -0.490 e. The average molecular weight is 852 g/mol. The SMILES string of the molecule is C#COc1cc2c(cc1OC#C)C(CC)(CC)C(/C=C/C1=C(Cl)C(=C/C=C3\N(CCCC(=O)O)c4cc(OCC)c(OCC)cc4C3(CC)CC)/CCC1)=[N+]2CCCC(=O)O. The van der Waals surface area contributed by atoms with E-state index in [4.69, 9.17) is 43.4 Å². The highest BCUT2D eigenvalue weighted by Gasteiger charge is 2.50. The van der Waals surface area contributed by atoms with Crippen molar-refractivity contribution < 1.29 is 43.3 Å². The molecule has 1 aliphatic carbocycles. The molecule has 2 heterocycles. The van der Waals surface area contributed by atoms with Crippen molar-refractivity contribution in [3.63, 3.8) is 0 Å². The minimum atomic E-state index is -0.859. The van der Waals surface area contributed by atoms with E-state index in [-0.39, 0.29) is 18.3 Å². The van der Waals surface area contributed by atoms with Gasteiger partial charge in [-0.2, -0.15) is 4.58 Å². The van der Waals surface area contributed by atoms with E-state index >= 15 is 0 Å². The third-order valence-corrected chi connectivity index (χ3v) is 13.0. The van der Waals surface area contributed by atoms with Crippen LogP contribution in [0, 0.1) is 25.1 Å². The molecule has 3 aliphatic rings. The molecule has 11 heteroatoms. The Kier molecular flexibility index (Phi) is 15.8. The van der Waals surface area contributed by atoms with Gasteiger partial charge in [-0.05, 0) is 100 Å². The van der Waals surface area contributed by atoms with Crippen LogP contribution < -0.4 is 23.8 Å². The summed E-state index contributed by atoms with van der Waals surface area (Å²) in [7, 11) is 0. The zero-order valence-corrected chi connectivity index (χ0v) is 37.3. The minimum absolute atomic E-state index is 0.0154. The Labute approximate surface area is 366 Å². The summed E-state index contributed by atoms with van der Waals surface area (Å²) >= 11 is 7.37. The summed E-state index contributed by atoms with van der Waals surface area (Å²) in [6.07, 6.45) is 30.8. The number of ether oxygens (including phenoxy) is 4. The number of terminal acetylenes is 2. The van der Waals surface area contributed by atoms with Crippen LogP contribution in [-0.4, -0.2) is 58.7 Å². The molecule has 0 unspecified atom stereocenters. The first-order valence-electron chi connectivity index (χ1n) is 21.7. The number of anilines is 1. The zero-order chi connectivity index (χ0) is 44.3. The second-order valence-corrected chi connectivity index (χ2v) is 15.8. The number of nitrogens with zero attached hydrogens (tertiary/aromatic N) is 2. The van der Waals surface area contributed by atoms with Crippen LogP contribution in [0.15, 0.2) is 70.4 Å². The first-order chi connectivity index (χ1) is 29.4. The van der Waals surface area contributed by atoms with E-state index in [1.807, 2.05) is 26.0 Å². The molecule has 61 heavy (non-hydrogen) atoms. The molecule has 0 fully saturated rings. The van der Waals surface area contributed by atoms with Crippen molar-refractivity contribution in [3.8, 4) is 48.1 Å². The molecule has 5 rings (SSSR count). The van der Waals surface area contributed by atoms with Gasteiger partial charge in [0, 0.05) is 58.9 Å². The van der Waals surface area contributed by atoms with Crippen molar-refractivity contribution in [2.24, 2.45) is 0 Å². The molecule has 0 spiro atoms. The first kappa shape index (κ1) is 46.5. The molecular weight excluding hydrogens is 792 g/mol. The second kappa shape index (κ2) is 20.8. The Morgan fingerprint density at radius 1 is 0.787 bits per heavy atom. The van der Waals surface area contributed by atoms with E-state index in [1.54, 1.807) is 0 Å². The lowest BCUT2D eigenvalue weighted by atomic mass is 9.73. The van der Waals surface area contributed by atoms with E-state index in [9.17, 15) is 19.8 Å². The monoisotopic (exact) mass is 851 g/mol. The molecule has 0 atom stereocenters. The van der Waals surface area contributed by atoms with Crippen molar-refractivity contribution in [1.82, 2.24) is 0 Å². The smallest absolute Gasteiger partial charge is 0.303 e. The van der Waals surface area contributed by atoms with Crippen molar-refractivity contribution in [1.29, 1.82) is 0 Å². The number of hydrogen-bond acceptors (Lipinski definition) is 7. The predicted molar refractivity (Wildman–Crippen MR) is 242 cm³/mol. The molecule has 0 saturated heterocycles. The van der Waals surface area contributed by atoms with Gasteiger partial charge in [0.15, 0.2) is 28.7 Å². The van der Waals surface area contributed by atoms with Gasteiger partial charge in [-0.1, -0.05) is 64.3 Å². The van der Waals surface area contributed by atoms with Gasteiger partial charge in [-0.15, -0.1) is 0 Å². The maximum Gasteiger partial charge on any atom is 0.303 e. The summed E-state index contributed by atoms with van der Waals surface area (Å²) in [6.45, 7) is 14.6. The van der Waals surface area contributed by atoms with Crippen LogP contribution in [-0.2, 0) is 20.4 Å². The second-order valence-electron chi connectivity index (χ2n) is 15.5. The van der Waals surface area contributed by atoms with Crippen LogP contribution >= 0.6 is 11.6 Å². The number of aliphatic carboxylic acids is 2. The number of carbonyl (C=O) groups is 2. The lowest BCUT2D eigenvalue weighted by Crippen LogP contribution is -2.33. The van der Waals surface area contributed by atoms with E-state index in [2.05, 4.69) is 85.8 Å². The highest BCUT2D eigenvalue weighted by molar-refractivity contribution is 6.32. The maximum absolute atomic E-state index is 11.7. The Morgan fingerprint density at radius 3 is 1.97 bits per heavy atom. The van der Waals surface area contributed by atoms with Gasteiger partial charge in [0.2, 0.25) is 5.69 Å². The molecule has 10 nitrogen and oxygen atoms in total. The number of allylic oxidation sites excluding steroid dienone is 8. The summed E-state index contributed by atoms with van der Waals surface area (Å²) in [5, 5.41) is 19.8. The average Bonchev–Trinajstić information content (AvgIpc) is 3.64. The molecule has 0 radical (unpaired) electrons. The summed E-state index contributed by atoms with van der Waals surface area (Å²) in [6, 6.07) is 7.90. The standard InChI is InChI=1S/C50H59ClN2O8/c1-9-49(10-2)36-30-40(58-13-5)42(60-15-7)32-38(36)52(28-18-22-46(54)55)44(49)26-24-34-20-17-21-35(48(34)51)25-27-45-50(11-3,12-4)37-31-41(59-14-6)43(61-16-8)33-39(37)53(45)29-19-23-47(56)57/h5,7,24-27,30-33H,9-12,14,16-23,28-29H2,1-4,6,8H3,(H-,54,55,56,57)/p+1. The molecule has 0 bridgehead atoms. The number of hydrogen-bond donors (Lipinski definition) is 2. The fourth-order valence-electron chi connectivity index (χ4n) is 9.50. The first-order valence-corrected chi connectivity index (χ1v) is 22.0. The van der Waals surface area contributed by atoms with Crippen LogP contribution in [0.5, 0.6) is 23.0 Å². The van der Waals surface area contributed by atoms with Crippen LogP contribution in [0.2, 0.25) is 0 Å². The molecule has 2 aliphatic heterocycles. The van der Waals surface area contributed by atoms with Crippen LogP contribution in [0.3, 0.4) is 0 Å². The molecule has 0 saturated carbocycles. The van der Waals surface area contributed by atoms with Crippen molar-refractivity contribution in [3.05, 3.63) is 81.6 Å². The third-order valence-electron chi connectivity index (χ3n) is 12.5. The normalized spacial score (nSPS) is 17.7. The fourth-order valence-corrected chi connectivity index (χ4v) is 9.81. The molecule has 2 aromatic carbocycles. The largest absolute Gasteiger partial charge is 0.490 e. The molecule has 2 N–H and O–H groups in total. The Bertz CT molecular complexity index is 2230. The van der Waals surface area contributed by atoms with Crippen molar-refractivity contribution in [2.75, 3.05) is 31.2 Å². The van der Waals surface area contributed by atoms with E-state index in [0.717, 1.165) is 90.0 Å². The van der Waals surface area contributed by atoms with Gasteiger partial charge in [-0.25, -0.2) is 0 Å². The quantitative estimate of drug-likeness (QED) is 0.0935. The van der Waals surface area contributed by atoms with Crippen molar-refractivity contribution in [2.45, 2.75) is 123 Å². The highest BCUT2D eigenvalue weighted by atomic mass is 35.5. The Morgan fingerprint density at radius 2 is 1.38 bits per heavy atom. The summed E-state index contributed by atoms with van der Waals surface area (Å²) in [5.74, 6) is 0.338. The summed E-state index contributed by atoms with van der Waals surface area (Å²) in [4.78, 5) is 25.6. The highest BCUT2D eigenvalue weighted by Crippen LogP contribution is 2.55. The predicted octanol–water partition coefficient (Wildman–Crippen LogP) is 10.9. The lowest BCUT2D eigenvalue weighted by molar-refractivity contribution is -0.438. The van der Waals surface area contributed by atoms with Crippen LogP contribution in [0.1, 0.15) is 123 Å². The summed E-state index contributed by atoms with van der Waals surface area (Å²) < 4.78 is 25.4. The fraction of sp³-hybridized carbons (Fsp3) is 0.460. The van der Waals surface area contributed by atoms with Gasteiger partial charge in [0.1, 0.15) is 18.8 Å². The number of carboxylic acid groups (broad SMARTS) is 2. The number of carboxylic acids is 2. The van der Waals surface area contributed by atoms with Gasteiger partial charge < -0.3 is 34.1 Å². The van der Waals surface area contributed by atoms with E-state index in [1.165, 1.54) is 0 Å². The van der Waals surface area contributed by atoms with Crippen LogP contribution in [0.25, 0.3) is 0 Å². The lowest BCUT2D eigenvalue weighted by Gasteiger charge is -2.32. The number of halogens is 1. The maximum atomic E-state index is 11.7. The number of rotatable bonds is 21. The van der Waals surface area contributed by atoms with Gasteiger partial charge >= 0.3 is 11.9 Å². The molecular formula is C50H60ClN2O8+. The van der Waals surface area contributed by atoms with E-state index in [0.29, 0.717) is 67.2 Å². The Hall–Kier alpha value is -5.58. The van der Waals surface area contributed by atoms with Gasteiger partial charge in [0.25, 0.3) is 0 Å². The van der Waals surface area contributed by atoms with Gasteiger partial charge in [0.05, 0.1) is 31.1 Å². The van der Waals surface area contributed by atoms with Crippen molar-refractivity contribution >= 4 is 40.6 Å². The molecule has 324 valence electrons. The number of fused-ring (bicyclic) bond motifs is 2. The molecule has 2 aromatic rings. The molecule has 0 aromatic heterocycles. The zero-order valence-electron chi connectivity index (χ0n) is 36.5. The van der Waals surface area contributed by atoms with E-state index < -0.39 is 17.4 Å². The molecule has 0 amide bonds. The number of benzene rings is 2.